The van der Waals surface area contributed by atoms with Gasteiger partial charge in [0, 0.05) is 31.7 Å². The Kier molecular flexibility index (Phi) is 4.65. The number of rotatable bonds is 4. The summed E-state index contributed by atoms with van der Waals surface area (Å²) in [5.41, 5.74) is 2.25. The molecule has 2 heterocycles. The van der Waals surface area contributed by atoms with Crippen LogP contribution in [0.15, 0.2) is 48.5 Å². The molecule has 2 bridgehead atoms. The summed E-state index contributed by atoms with van der Waals surface area (Å²) >= 11 is 0. The van der Waals surface area contributed by atoms with E-state index in [1.807, 2.05) is 19.2 Å². The molecule has 0 amide bonds. The number of anilines is 1. The molecule has 2 unspecified atom stereocenters. The van der Waals surface area contributed by atoms with Crippen molar-refractivity contribution < 1.29 is 4.39 Å². The molecule has 26 heavy (non-hydrogen) atoms. The molecule has 2 aliphatic heterocycles. The van der Waals surface area contributed by atoms with Crippen molar-refractivity contribution in [1.82, 2.24) is 4.90 Å². The Morgan fingerprint density at radius 2 is 1.77 bits per heavy atom. The summed E-state index contributed by atoms with van der Waals surface area (Å²) in [6.45, 7) is 1.01. The summed E-state index contributed by atoms with van der Waals surface area (Å²) in [6.07, 6.45) is 4.61. The number of nitrogens with zero attached hydrogens (tertiary/aromatic N) is 3. The Labute approximate surface area is 154 Å². The van der Waals surface area contributed by atoms with Gasteiger partial charge in [0.1, 0.15) is 17.4 Å². The summed E-state index contributed by atoms with van der Waals surface area (Å²) in [5, 5.41) is 9.34. The lowest BCUT2D eigenvalue weighted by atomic mass is 9.94. The second-order valence-corrected chi connectivity index (χ2v) is 7.52. The summed E-state index contributed by atoms with van der Waals surface area (Å²) in [5.74, 6) is -0.429. The highest BCUT2D eigenvalue weighted by molar-refractivity contribution is 5.60. The van der Waals surface area contributed by atoms with Crippen LogP contribution < -0.4 is 4.90 Å². The molecule has 4 heteroatoms. The first-order valence-corrected chi connectivity index (χ1v) is 9.38. The van der Waals surface area contributed by atoms with Gasteiger partial charge in [0.15, 0.2) is 0 Å². The van der Waals surface area contributed by atoms with Gasteiger partial charge in [-0.1, -0.05) is 36.4 Å². The predicted molar refractivity (Wildman–Crippen MR) is 101 cm³/mol. The maximum atomic E-state index is 14.0. The molecule has 134 valence electrons. The fourth-order valence-corrected chi connectivity index (χ4v) is 4.73. The van der Waals surface area contributed by atoms with Crippen LogP contribution in [0.4, 0.5) is 10.1 Å². The second-order valence-electron chi connectivity index (χ2n) is 7.52. The number of benzene rings is 2. The summed E-state index contributed by atoms with van der Waals surface area (Å²) in [7, 11) is 2.01. The Bertz CT molecular complexity index is 800. The van der Waals surface area contributed by atoms with Crippen molar-refractivity contribution in [3.63, 3.8) is 0 Å². The summed E-state index contributed by atoms with van der Waals surface area (Å²) < 4.78 is 14.0. The number of fused-ring (bicyclic) bond motifs is 2. The lowest BCUT2D eigenvalue weighted by molar-refractivity contribution is 0.118. The third-order valence-corrected chi connectivity index (χ3v) is 6.10. The van der Waals surface area contributed by atoms with Crippen molar-refractivity contribution in [3.05, 3.63) is 65.5 Å². The van der Waals surface area contributed by atoms with E-state index in [1.165, 1.54) is 24.5 Å². The number of halogens is 1. The normalized spacial score (nSPS) is 25.0. The van der Waals surface area contributed by atoms with Gasteiger partial charge in [-0.3, -0.25) is 4.90 Å². The molecule has 4 rings (SSSR count). The fourth-order valence-electron chi connectivity index (χ4n) is 4.73. The zero-order valence-corrected chi connectivity index (χ0v) is 15.1. The molecule has 0 spiro atoms. The van der Waals surface area contributed by atoms with Gasteiger partial charge in [-0.15, -0.1) is 0 Å². The SMILES string of the molecule is CN(c1cccc(F)c1C#N)C1CC2CCC(C1)N2Cc1ccccc1. The van der Waals surface area contributed by atoms with Gasteiger partial charge in [0.2, 0.25) is 0 Å². The Morgan fingerprint density at radius 1 is 1.08 bits per heavy atom. The topological polar surface area (TPSA) is 30.3 Å². The van der Waals surface area contributed by atoms with Crippen molar-refractivity contribution in [2.75, 3.05) is 11.9 Å². The van der Waals surface area contributed by atoms with Crippen molar-refractivity contribution in [3.8, 4) is 6.07 Å². The average molecular weight is 349 g/mol. The van der Waals surface area contributed by atoms with Gasteiger partial charge in [0.05, 0.1) is 5.69 Å². The minimum absolute atomic E-state index is 0.161. The first-order chi connectivity index (χ1) is 12.7. The maximum absolute atomic E-state index is 14.0. The van der Waals surface area contributed by atoms with Crippen LogP contribution in [0.25, 0.3) is 0 Å². The third kappa shape index (κ3) is 3.08. The lowest BCUT2D eigenvalue weighted by Crippen LogP contribution is -2.49. The number of hydrogen-bond donors (Lipinski definition) is 0. The van der Waals surface area contributed by atoms with E-state index < -0.39 is 5.82 Å². The van der Waals surface area contributed by atoms with Gasteiger partial charge in [-0.05, 0) is 43.4 Å². The fraction of sp³-hybridized carbons (Fsp3) is 0.409. The monoisotopic (exact) mass is 349 g/mol. The van der Waals surface area contributed by atoms with E-state index in [9.17, 15) is 9.65 Å². The van der Waals surface area contributed by atoms with Gasteiger partial charge < -0.3 is 4.90 Å². The van der Waals surface area contributed by atoms with E-state index in [1.54, 1.807) is 6.07 Å². The first kappa shape index (κ1) is 17.1. The van der Waals surface area contributed by atoms with Gasteiger partial charge in [-0.2, -0.15) is 5.26 Å². The molecule has 2 saturated heterocycles. The van der Waals surface area contributed by atoms with Crippen LogP contribution in [0, 0.1) is 17.1 Å². The first-order valence-electron chi connectivity index (χ1n) is 9.38. The summed E-state index contributed by atoms with van der Waals surface area (Å²) in [4.78, 5) is 4.78. The Balaban J connectivity index is 1.51. The van der Waals surface area contributed by atoms with E-state index in [0.717, 1.165) is 19.4 Å². The third-order valence-electron chi connectivity index (χ3n) is 6.10. The molecular formula is C22H24FN3. The van der Waals surface area contributed by atoms with Crippen molar-refractivity contribution in [2.45, 2.75) is 50.4 Å². The molecule has 0 N–H and O–H groups in total. The summed E-state index contributed by atoms with van der Waals surface area (Å²) in [6, 6.07) is 19.1. The molecule has 2 fully saturated rings. The quantitative estimate of drug-likeness (QED) is 0.823. The number of piperidine rings is 1. The van der Waals surface area contributed by atoms with Crippen LogP contribution >= 0.6 is 0 Å². The molecule has 2 aromatic rings. The molecular weight excluding hydrogens is 325 g/mol. The van der Waals surface area contributed by atoms with Crippen LogP contribution in [0.5, 0.6) is 0 Å². The van der Waals surface area contributed by atoms with Crippen LogP contribution in [0.3, 0.4) is 0 Å². The number of nitriles is 1. The van der Waals surface area contributed by atoms with Crippen LogP contribution in [-0.2, 0) is 6.54 Å². The molecule has 3 nitrogen and oxygen atoms in total. The second kappa shape index (κ2) is 7.09. The minimum atomic E-state index is -0.429. The Morgan fingerprint density at radius 3 is 2.42 bits per heavy atom. The highest BCUT2D eigenvalue weighted by Gasteiger charge is 2.42. The van der Waals surface area contributed by atoms with E-state index in [2.05, 4.69) is 40.1 Å². The zero-order valence-electron chi connectivity index (χ0n) is 15.1. The molecule has 2 aromatic carbocycles. The molecule has 0 saturated carbocycles. The standard InChI is InChI=1S/C22H24FN3/c1-25(22-9-5-8-21(23)20(22)14-24)19-12-17-10-11-18(13-19)26(17)15-16-6-3-2-4-7-16/h2-9,17-19H,10-13,15H2,1H3. The van der Waals surface area contributed by atoms with Crippen LogP contribution in [0.1, 0.15) is 36.8 Å². The van der Waals surface area contributed by atoms with E-state index in [-0.39, 0.29) is 5.56 Å². The van der Waals surface area contributed by atoms with Crippen LogP contribution in [0.2, 0.25) is 0 Å². The smallest absolute Gasteiger partial charge is 0.143 e. The molecule has 0 aromatic heterocycles. The molecule has 0 aliphatic carbocycles. The van der Waals surface area contributed by atoms with E-state index >= 15 is 0 Å². The largest absolute Gasteiger partial charge is 0.370 e. The molecule has 2 aliphatic rings. The van der Waals surface area contributed by atoms with E-state index in [0.29, 0.717) is 23.8 Å². The maximum Gasteiger partial charge on any atom is 0.143 e. The molecule has 0 radical (unpaired) electrons. The lowest BCUT2D eigenvalue weighted by Gasteiger charge is -2.43. The van der Waals surface area contributed by atoms with Crippen molar-refractivity contribution in [1.29, 1.82) is 5.26 Å². The van der Waals surface area contributed by atoms with Gasteiger partial charge in [0.25, 0.3) is 0 Å². The van der Waals surface area contributed by atoms with Crippen molar-refractivity contribution in [2.24, 2.45) is 0 Å². The highest BCUT2D eigenvalue weighted by Crippen LogP contribution is 2.39. The van der Waals surface area contributed by atoms with E-state index in [4.69, 9.17) is 0 Å². The zero-order chi connectivity index (χ0) is 18.1. The van der Waals surface area contributed by atoms with Crippen molar-refractivity contribution >= 4 is 5.69 Å². The number of hydrogen-bond acceptors (Lipinski definition) is 3. The van der Waals surface area contributed by atoms with Gasteiger partial charge in [-0.25, -0.2) is 4.39 Å². The predicted octanol–water partition coefficient (Wildman–Crippen LogP) is 4.33. The molecule has 2 atom stereocenters. The minimum Gasteiger partial charge on any atom is -0.370 e. The highest BCUT2D eigenvalue weighted by atomic mass is 19.1. The van der Waals surface area contributed by atoms with Crippen LogP contribution in [-0.4, -0.2) is 30.1 Å². The average Bonchev–Trinajstić information content (AvgIpc) is 2.89. The Hall–Kier alpha value is -2.38. The van der Waals surface area contributed by atoms with Gasteiger partial charge >= 0.3 is 0 Å².